The number of benzene rings is 2. The zero-order valence-electron chi connectivity index (χ0n) is 17.5. The van der Waals surface area contributed by atoms with E-state index in [9.17, 15) is 27.6 Å². The first-order chi connectivity index (χ1) is 16.2. The Bertz CT molecular complexity index is 1180. The molecular weight excluding hydrogens is 493 g/mol. The quantitative estimate of drug-likeness (QED) is 0.256. The highest BCUT2D eigenvalue weighted by Gasteiger charge is 2.31. The lowest BCUT2D eigenvalue weighted by Gasteiger charge is -2.08. The molecule has 0 atom stereocenters. The number of nitrogens with zero attached hydrogens (tertiary/aromatic N) is 2. The third kappa shape index (κ3) is 7.02. The Labute approximate surface area is 199 Å². The number of hydrogen-bond donors (Lipinski definition) is 2. The van der Waals surface area contributed by atoms with Gasteiger partial charge >= 0.3 is 12.1 Å². The van der Waals surface area contributed by atoms with E-state index < -0.39 is 23.6 Å². The van der Waals surface area contributed by atoms with Crippen LogP contribution in [0.5, 0.6) is 0 Å². The second-order valence-corrected chi connectivity index (χ2v) is 8.74. The fraction of sp³-hybridized carbons (Fsp3) is 0.190. The smallest absolute Gasteiger partial charge is 0.416 e. The Hall–Kier alpha value is -3.45. The Morgan fingerprint density at radius 3 is 2.44 bits per heavy atom. The topological polar surface area (TPSA) is 110 Å². The van der Waals surface area contributed by atoms with E-state index in [-0.39, 0.29) is 29.0 Å². The maximum Gasteiger partial charge on any atom is 0.416 e. The predicted octanol–water partition coefficient (Wildman–Crippen LogP) is 4.72. The number of anilines is 2. The number of thioether (sulfide) groups is 1. The third-order valence-electron chi connectivity index (χ3n) is 4.09. The maximum absolute atomic E-state index is 12.8. The fourth-order valence-corrected chi connectivity index (χ4v) is 4.10. The molecule has 0 aliphatic rings. The Morgan fingerprint density at radius 2 is 1.76 bits per heavy atom. The zero-order chi connectivity index (χ0) is 24.7. The minimum absolute atomic E-state index is 0.00413. The van der Waals surface area contributed by atoms with Gasteiger partial charge in [0.2, 0.25) is 11.0 Å². The molecule has 1 aromatic heterocycles. The molecule has 0 radical (unpaired) electrons. The van der Waals surface area contributed by atoms with Crippen molar-refractivity contribution >= 4 is 51.7 Å². The number of alkyl halides is 3. The summed E-state index contributed by atoms with van der Waals surface area (Å²) in [6, 6.07) is 10.2. The van der Waals surface area contributed by atoms with Crippen molar-refractivity contribution in [2.45, 2.75) is 17.4 Å². The first kappa shape index (κ1) is 25.2. The predicted molar refractivity (Wildman–Crippen MR) is 121 cm³/mol. The van der Waals surface area contributed by atoms with Crippen molar-refractivity contribution in [2.24, 2.45) is 0 Å². The van der Waals surface area contributed by atoms with Crippen LogP contribution in [0.3, 0.4) is 0 Å². The molecule has 0 unspecified atom stereocenters. The summed E-state index contributed by atoms with van der Waals surface area (Å²) in [7, 11) is 0. The summed E-state index contributed by atoms with van der Waals surface area (Å²) in [4.78, 5) is 36.0. The largest absolute Gasteiger partial charge is 0.462 e. The van der Waals surface area contributed by atoms with Gasteiger partial charge in [-0.2, -0.15) is 13.2 Å². The summed E-state index contributed by atoms with van der Waals surface area (Å²) in [6.07, 6.45) is -4.56. The number of aromatic nitrogens is 2. The van der Waals surface area contributed by atoms with E-state index >= 15 is 0 Å². The van der Waals surface area contributed by atoms with Crippen molar-refractivity contribution in [2.75, 3.05) is 23.0 Å². The molecule has 0 bridgehead atoms. The molecule has 8 nitrogen and oxygen atoms in total. The molecule has 2 aromatic carbocycles. The number of carbonyl (C=O) groups is 3. The van der Waals surface area contributed by atoms with Crippen LogP contribution in [0.4, 0.5) is 24.0 Å². The van der Waals surface area contributed by atoms with E-state index in [1.165, 1.54) is 18.2 Å². The number of rotatable bonds is 8. The summed E-state index contributed by atoms with van der Waals surface area (Å²) >= 11 is 2.05. The lowest BCUT2D eigenvalue weighted by atomic mass is 10.1. The molecule has 2 amide bonds. The average Bonchev–Trinajstić information content (AvgIpc) is 3.25. The van der Waals surface area contributed by atoms with Crippen molar-refractivity contribution in [3.8, 4) is 0 Å². The molecule has 0 fully saturated rings. The van der Waals surface area contributed by atoms with Gasteiger partial charge in [0.1, 0.15) is 0 Å². The van der Waals surface area contributed by atoms with Gasteiger partial charge in [-0.3, -0.25) is 14.9 Å². The van der Waals surface area contributed by atoms with Crippen LogP contribution >= 0.6 is 23.1 Å². The summed E-state index contributed by atoms with van der Waals surface area (Å²) in [6.45, 7) is 1.96. The Balaban J connectivity index is 1.51. The average molecular weight is 511 g/mol. The van der Waals surface area contributed by atoms with Gasteiger partial charge in [0.05, 0.1) is 23.5 Å². The SMILES string of the molecule is CCOC(=O)c1ccc(NC(=O)CSc2nnc(NC(=O)c3cccc(C(F)(F)F)c3)s2)cc1. The van der Waals surface area contributed by atoms with Crippen LogP contribution < -0.4 is 10.6 Å². The van der Waals surface area contributed by atoms with Gasteiger partial charge in [0.15, 0.2) is 4.34 Å². The summed E-state index contributed by atoms with van der Waals surface area (Å²) in [5.41, 5.74) is -0.254. The van der Waals surface area contributed by atoms with Gasteiger partial charge < -0.3 is 10.1 Å². The molecule has 0 aliphatic carbocycles. The van der Waals surface area contributed by atoms with Crippen LogP contribution in [0.25, 0.3) is 0 Å². The normalized spacial score (nSPS) is 11.1. The van der Waals surface area contributed by atoms with E-state index in [0.717, 1.165) is 41.3 Å². The lowest BCUT2D eigenvalue weighted by molar-refractivity contribution is -0.137. The summed E-state index contributed by atoms with van der Waals surface area (Å²) in [5, 5.41) is 12.8. The van der Waals surface area contributed by atoms with Gasteiger partial charge in [-0.15, -0.1) is 10.2 Å². The number of ether oxygens (including phenoxy) is 1. The van der Waals surface area contributed by atoms with Gasteiger partial charge in [0, 0.05) is 11.3 Å². The van der Waals surface area contributed by atoms with Crippen molar-refractivity contribution in [3.63, 3.8) is 0 Å². The van der Waals surface area contributed by atoms with Crippen LogP contribution in [-0.4, -0.2) is 40.3 Å². The van der Waals surface area contributed by atoms with Crippen LogP contribution in [0.15, 0.2) is 52.9 Å². The lowest BCUT2D eigenvalue weighted by Crippen LogP contribution is -2.14. The highest BCUT2D eigenvalue weighted by molar-refractivity contribution is 8.01. The van der Waals surface area contributed by atoms with Crippen molar-refractivity contribution in [1.82, 2.24) is 10.2 Å². The fourth-order valence-electron chi connectivity index (χ4n) is 2.55. The number of esters is 1. The molecule has 0 saturated carbocycles. The first-order valence-corrected chi connectivity index (χ1v) is 11.5. The number of carbonyl (C=O) groups excluding carboxylic acids is 3. The molecule has 3 rings (SSSR count). The number of hydrogen-bond acceptors (Lipinski definition) is 8. The monoisotopic (exact) mass is 510 g/mol. The van der Waals surface area contributed by atoms with E-state index in [2.05, 4.69) is 20.8 Å². The van der Waals surface area contributed by atoms with Gasteiger partial charge in [-0.1, -0.05) is 29.2 Å². The molecule has 0 spiro atoms. The van der Waals surface area contributed by atoms with Crippen molar-refractivity contribution in [3.05, 3.63) is 65.2 Å². The summed E-state index contributed by atoms with van der Waals surface area (Å²) in [5.74, 6) is -1.56. The van der Waals surface area contributed by atoms with Gasteiger partial charge in [-0.05, 0) is 49.4 Å². The molecule has 1 heterocycles. The minimum atomic E-state index is -4.56. The van der Waals surface area contributed by atoms with Crippen LogP contribution in [0.1, 0.15) is 33.2 Å². The third-order valence-corrected chi connectivity index (χ3v) is 6.06. The molecule has 2 N–H and O–H groups in total. The molecule has 0 aliphatic heterocycles. The summed E-state index contributed by atoms with van der Waals surface area (Å²) < 4.78 is 43.7. The molecule has 13 heteroatoms. The number of nitrogens with one attached hydrogen (secondary N) is 2. The van der Waals surface area contributed by atoms with E-state index in [1.807, 2.05) is 0 Å². The molecule has 0 saturated heterocycles. The highest BCUT2D eigenvalue weighted by atomic mass is 32.2. The van der Waals surface area contributed by atoms with Crippen LogP contribution in [0, 0.1) is 0 Å². The van der Waals surface area contributed by atoms with Crippen molar-refractivity contribution < 1.29 is 32.3 Å². The van der Waals surface area contributed by atoms with E-state index in [0.29, 0.717) is 15.6 Å². The Morgan fingerprint density at radius 1 is 1.03 bits per heavy atom. The second kappa shape index (κ2) is 11.1. The van der Waals surface area contributed by atoms with Gasteiger partial charge in [-0.25, -0.2) is 4.79 Å². The minimum Gasteiger partial charge on any atom is -0.462 e. The van der Waals surface area contributed by atoms with Crippen LogP contribution in [0.2, 0.25) is 0 Å². The first-order valence-electron chi connectivity index (χ1n) is 9.67. The van der Waals surface area contributed by atoms with Gasteiger partial charge in [0.25, 0.3) is 5.91 Å². The molecule has 34 heavy (non-hydrogen) atoms. The van der Waals surface area contributed by atoms with E-state index in [1.54, 1.807) is 19.1 Å². The Kier molecular flexibility index (Phi) is 8.23. The zero-order valence-corrected chi connectivity index (χ0v) is 19.1. The van der Waals surface area contributed by atoms with Crippen LogP contribution in [-0.2, 0) is 15.7 Å². The highest BCUT2D eigenvalue weighted by Crippen LogP contribution is 2.30. The molecular formula is C21H17F3N4O4S2. The number of halogens is 3. The standard InChI is InChI=1S/C21H17F3N4O4S2/c1-2-32-18(31)12-6-8-15(9-7-12)25-16(29)11-33-20-28-27-19(34-20)26-17(30)13-4-3-5-14(10-13)21(22,23)24/h3-10H,2,11H2,1H3,(H,25,29)(H,26,27,30). The van der Waals surface area contributed by atoms with Crippen molar-refractivity contribution in [1.29, 1.82) is 0 Å². The van der Waals surface area contributed by atoms with E-state index in [4.69, 9.17) is 4.74 Å². The second-order valence-electron chi connectivity index (χ2n) is 6.54. The molecule has 3 aromatic rings. The number of amides is 2. The molecule has 178 valence electrons. The maximum atomic E-state index is 12.8.